The number of aromatic carboxylic acids is 1. The van der Waals surface area contributed by atoms with Crippen LogP contribution in [0.4, 0.5) is 0 Å². The molecule has 0 radical (unpaired) electrons. The van der Waals surface area contributed by atoms with Gasteiger partial charge in [0.25, 0.3) is 0 Å². The maximum Gasteiger partial charge on any atom is 0.340 e. The third-order valence-corrected chi connectivity index (χ3v) is 5.40. The van der Waals surface area contributed by atoms with Gasteiger partial charge in [-0.25, -0.2) is 14.8 Å². The first-order valence-corrected chi connectivity index (χ1v) is 9.01. The van der Waals surface area contributed by atoms with Crippen molar-refractivity contribution in [3.8, 4) is 0 Å². The van der Waals surface area contributed by atoms with Crippen molar-refractivity contribution < 1.29 is 9.90 Å². The highest BCUT2D eigenvalue weighted by Crippen LogP contribution is 2.30. The van der Waals surface area contributed by atoms with E-state index in [1.54, 1.807) is 18.3 Å². The largest absolute Gasteiger partial charge is 0.478 e. The first-order valence-electron chi connectivity index (χ1n) is 6.36. The molecule has 2 aromatic rings. The van der Waals surface area contributed by atoms with Gasteiger partial charge in [-0.1, -0.05) is 13.8 Å². The van der Waals surface area contributed by atoms with Crippen LogP contribution in [0.1, 0.15) is 47.2 Å². The minimum Gasteiger partial charge on any atom is -0.478 e. The number of aromatic nitrogens is 2. The molecule has 2 heterocycles. The number of thioether (sulfide) groups is 1. The maximum absolute atomic E-state index is 11.4. The lowest BCUT2D eigenvalue weighted by Gasteiger charge is -2.11. The van der Waals surface area contributed by atoms with Crippen molar-refractivity contribution in [2.75, 3.05) is 0 Å². The van der Waals surface area contributed by atoms with Crippen molar-refractivity contribution >= 4 is 45.0 Å². The second kappa shape index (κ2) is 6.89. The van der Waals surface area contributed by atoms with Gasteiger partial charge in [0.2, 0.25) is 0 Å². The zero-order valence-electron chi connectivity index (χ0n) is 11.9. The fraction of sp³-hybridized carbons (Fsp3) is 0.357. The van der Waals surface area contributed by atoms with E-state index in [0.717, 1.165) is 9.35 Å². The zero-order valence-corrected chi connectivity index (χ0v) is 15.1. The molecule has 0 aliphatic carbocycles. The molecule has 0 atom stereocenters. The van der Waals surface area contributed by atoms with Crippen LogP contribution in [-0.2, 0) is 5.75 Å². The molecular formula is C14H15BrN2O2S2. The predicted molar refractivity (Wildman–Crippen MR) is 89.4 cm³/mol. The zero-order chi connectivity index (χ0) is 15.6. The molecule has 0 spiro atoms. The quantitative estimate of drug-likeness (QED) is 0.594. The Hall–Kier alpha value is -0.920. The minimum atomic E-state index is -0.975. The van der Waals surface area contributed by atoms with Gasteiger partial charge in [0, 0.05) is 11.7 Å². The van der Waals surface area contributed by atoms with Crippen LogP contribution < -0.4 is 0 Å². The van der Waals surface area contributed by atoms with E-state index in [0.29, 0.717) is 22.3 Å². The van der Waals surface area contributed by atoms with Crippen molar-refractivity contribution in [3.05, 3.63) is 37.9 Å². The van der Waals surface area contributed by atoms with E-state index in [1.165, 1.54) is 11.8 Å². The summed E-state index contributed by atoms with van der Waals surface area (Å²) in [7, 11) is 0. The molecule has 7 heteroatoms. The number of aryl methyl sites for hydroxylation is 1. The molecule has 0 saturated heterocycles. The monoisotopic (exact) mass is 386 g/mol. The summed E-state index contributed by atoms with van der Waals surface area (Å²) in [5.74, 6) is 0.570. The van der Waals surface area contributed by atoms with Crippen LogP contribution in [0.3, 0.4) is 0 Å². The van der Waals surface area contributed by atoms with Crippen molar-refractivity contribution in [1.82, 2.24) is 9.97 Å². The predicted octanol–water partition coefficient (Wildman–Crippen LogP) is 4.72. The van der Waals surface area contributed by atoms with Crippen molar-refractivity contribution in [3.63, 3.8) is 0 Å². The topological polar surface area (TPSA) is 63.1 Å². The summed E-state index contributed by atoms with van der Waals surface area (Å²) in [6, 6.07) is 2.04. The number of carboxylic acids is 1. The number of hydrogen-bond donors (Lipinski definition) is 1. The van der Waals surface area contributed by atoms with Crippen molar-refractivity contribution in [2.45, 2.75) is 37.5 Å². The van der Waals surface area contributed by atoms with Crippen LogP contribution in [0.25, 0.3) is 0 Å². The lowest BCUT2D eigenvalue weighted by molar-refractivity contribution is 0.0690. The summed E-state index contributed by atoms with van der Waals surface area (Å²) >= 11 is 6.48. The molecule has 21 heavy (non-hydrogen) atoms. The number of thiophene rings is 1. The van der Waals surface area contributed by atoms with Crippen LogP contribution >= 0.6 is 39.0 Å². The van der Waals surface area contributed by atoms with E-state index in [9.17, 15) is 9.90 Å². The smallest absolute Gasteiger partial charge is 0.340 e. The number of nitrogens with zero attached hydrogens (tertiary/aromatic N) is 2. The van der Waals surface area contributed by atoms with Gasteiger partial charge >= 0.3 is 5.97 Å². The van der Waals surface area contributed by atoms with Gasteiger partial charge in [0.05, 0.1) is 9.48 Å². The number of rotatable bonds is 5. The van der Waals surface area contributed by atoms with Crippen LogP contribution in [0.15, 0.2) is 20.3 Å². The van der Waals surface area contributed by atoms with Gasteiger partial charge in [-0.15, -0.1) is 23.1 Å². The molecule has 0 fully saturated rings. The highest BCUT2D eigenvalue weighted by molar-refractivity contribution is 9.11. The van der Waals surface area contributed by atoms with Crippen LogP contribution in [0, 0.1) is 6.92 Å². The summed E-state index contributed by atoms with van der Waals surface area (Å²) < 4.78 is 1.07. The van der Waals surface area contributed by atoms with Crippen molar-refractivity contribution in [2.24, 2.45) is 0 Å². The number of carbonyl (C=O) groups is 1. The Kier molecular flexibility index (Phi) is 5.40. The van der Waals surface area contributed by atoms with Crippen LogP contribution in [-0.4, -0.2) is 21.0 Å². The molecule has 1 N–H and O–H groups in total. The van der Waals surface area contributed by atoms with Gasteiger partial charge in [-0.05, 0) is 39.9 Å². The Labute approximate surface area is 140 Å². The van der Waals surface area contributed by atoms with Gasteiger partial charge in [-0.3, -0.25) is 0 Å². The molecule has 0 aromatic carbocycles. The van der Waals surface area contributed by atoms with Gasteiger partial charge in [-0.2, -0.15) is 0 Å². The standard InChI is InChI=1S/C14H15BrN2O2S2/c1-7(2)12-16-8(3)11(14(18)19)13(17-12)21-6-9-4-10(15)20-5-9/h4-5,7H,6H2,1-3H3,(H,18,19). The molecule has 0 aliphatic rings. The molecular weight excluding hydrogens is 372 g/mol. The number of halogens is 1. The molecule has 0 saturated carbocycles. The fourth-order valence-electron chi connectivity index (χ4n) is 1.75. The van der Waals surface area contributed by atoms with E-state index < -0.39 is 5.97 Å². The van der Waals surface area contributed by atoms with E-state index in [2.05, 4.69) is 31.3 Å². The Morgan fingerprint density at radius 3 is 2.71 bits per heavy atom. The first kappa shape index (κ1) is 16.5. The average Bonchev–Trinajstić information content (AvgIpc) is 2.80. The van der Waals surface area contributed by atoms with E-state index in [-0.39, 0.29) is 11.5 Å². The summed E-state index contributed by atoms with van der Waals surface area (Å²) in [6.45, 7) is 5.72. The first-order chi connectivity index (χ1) is 9.88. The molecule has 0 bridgehead atoms. The molecule has 2 rings (SSSR count). The minimum absolute atomic E-state index is 0.168. The summed E-state index contributed by atoms with van der Waals surface area (Å²) in [5.41, 5.74) is 1.88. The van der Waals surface area contributed by atoms with Crippen LogP contribution in [0.2, 0.25) is 0 Å². The molecule has 0 amide bonds. The third kappa shape index (κ3) is 4.05. The highest BCUT2D eigenvalue weighted by atomic mass is 79.9. The number of carboxylic acid groups (broad SMARTS) is 1. The van der Waals surface area contributed by atoms with E-state index >= 15 is 0 Å². The van der Waals surface area contributed by atoms with Gasteiger partial charge in [0.1, 0.15) is 16.4 Å². The summed E-state index contributed by atoms with van der Waals surface area (Å²) in [4.78, 5) is 20.2. The second-order valence-corrected chi connectivity index (χ2v) is 8.11. The molecule has 112 valence electrons. The lowest BCUT2D eigenvalue weighted by Crippen LogP contribution is -2.10. The van der Waals surface area contributed by atoms with Crippen molar-refractivity contribution in [1.29, 1.82) is 0 Å². The lowest BCUT2D eigenvalue weighted by atomic mass is 10.2. The molecule has 0 unspecified atom stereocenters. The SMILES string of the molecule is Cc1nc(C(C)C)nc(SCc2csc(Br)c2)c1C(=O)O. The molecule has 2 aromatic heterocycles. The Morgan fingerprint density at radius 1 is 1.48 bits per heavy atom. The Balaban J connectivity index is 2.32. The molecule has 0 aliphatic heterocycles. The third-order valence-electron chi connectivity index (χ3n) is 2.80. The molecule has 4 nitrogen and oxygen atoms in total. The van der Waals surface area contributed by atoms with E-state index in [4.69, 9.17) is 0 Å². The summed E-state index contributed by atoms with van der Waals surface area (Å²) in [6.07, 6.45) is 0. The Morgan fingerprint density at radius 2 is 2.19 bits per heavy atom. The van der Waals surface area contributed by atoms with E-state index in [1.807, 2.05) is 19.9 Å². The number of hydrogen-bond acceptors (Lipinski definition) is 5. The normalized spacial score (nSPS) is 11.1. The second-order valence-electron chi connectivity index (χ2n) is 4.85. The van der Waals surface area contributed by atoms with Gasteiger partial charge < -0.3 is 5.11 Å². The van der Waals surface area contributed by atoms with Gasteiger partial charge in [0.15, 0.2) is 0 Å². The Bertz CT molecular complexity index is 671. The fourth-order valence-corrected chi connectivity index (χ4v) is 4.07. The summed E-state index contributed by atoms with van der Waals surface area (Å²) in [5, 5.41) is 12.0. The highest BCUT2D eigenvalue weighted by Gasteiger charge is 2.19. The average molecular weight is 387 g/mol. The van der Waals surface area contributed by atoms with Crippen LogP contribution in [0.5, 0.6) is 0 Å². The maximum atomic E-state index is 11.4.